The minimum Gasteiger partial charge on any atom is -0.507 e. The largest absolute Gasteiger partial charge is 0.507 e. The highest BCUT2D eigenvalue weighted by molar-refractivity contribution is 5.86. The summed E-state index contributed by atoms with van der Waals surface area (Å²) in [7, 11) is 0. The van der Waals surface area contributed by atoms with Gasteiger partial charge >= 0.3 is 5.69 Å². The van der Waals surface area contributed by atoms with Crippen LogP contribution in [0.3, 0.4) is 0 Å². The number of aromatic hydroxyl groups is 2. The van der Waals surface area contributed by atoms with E-state index in [1.807, 2.05) is 0 Å². The van der Waals surface area contributed by atoms with Gasteiger partial charge in [0.05, 0.1) is 22.3 Å². The molecule has 0 saturated heterocycles. The lowest BCUT2D eigenvalue weighted by atomic mass is 10.2. The summed E-state index contributed by atoms with van der Waals surface area (Å²) in [6.45, 7) is 0. The number of hydrogen-bond acceptors (Lipinski definition) is 8. The molecule has 0 bridgehead atoms. The summed E-state index contributed by atoms with van der Waals surface area (Å²) in [6, 6.07) is 7.34. The molecule has 0 amide bonds. The van der Waals surface area contributed by atoms with Crippen LogP contribution in [0.2, 0.25) is 0 Å². The molecule has 0 aliphatic rings. The Balaban J connectivity index is 2.15. The number of nitro benzene ring substituents is 2. The molecule has 0 heterocycles. The Morgan fingerprint density at radius 2 is 1.50 bits per heavy atom. The zero-order valence-corrected chi connectivity index (χ0v) is 11.9. The lowest BCUT2D eigenvalue weighted by Crippen LogP contribution is -1.91. The highest BCUT2D eigenvalue weighted by Gasteiger charge is 2.16. The van der Waals surface area contributed by atoms with Crippen molar-refractivity contribution in [2.45, 2.75) is 0 Å². The van der Waals surface area contributed by atoms with Crippen LogP contribution in [0.4, 0.5) is 11.4 Å². The zero-order valence-electron chi connectivity index (χ0n) is 11.9. The van der Waals surface area contributed by atoms with Gasteiger partial charge < -0.3 is 10.2 Å². The Morgan fingerprint density at radius 3 is 2.08 bits per heavy atom. The molecule has 0 saturated carbocycles. The van der Waals surface area contributed by atoms with Gasteiger partial charge in [-0.15, -0.1) is 0 Å². The molecule has 24 heavy (non-hydrogen) atoms. The second-order valence-corrected chi connectivity index (χ2v) is 4.49. The number of hydrogen-bond donors (Lipinski definition) is 2. The monoisotopic (exact) mass is 330 g/mol. The first kappa shape index (κ1) is 16.5. The van der Waals surface area contributed by atoms with Crippen molar-refractivity contribution < 1.29 is 20.1 Å². The summed E-state index contributed by atoms with van der Waals surface area (Å²) in [5, 5.41) is 47.5. The van der Waals surface area contributed by atoms with Gasteiger partial charge in [0, 0.05) is 29.8 Å². The molecule has 0 aliphatic heterocycles. The fraction of sp³-hybridized carbons (Fsp3) is 0. The predicted octanol–water partition coefficient (Wildman–Crippen LogP) is 2.37. The van der Waals surface area contributed by atoms with E-state index in [9.17, 15) is 30.4 Å². The van der Waals surface area contributed by atoms with Crippen molar-refractivity contribution in [3.05, 3.63) is 67.8 Å². The third kappa shape index (κ3) is 3.88. The van der Waals surface area contributed by atoms with Gasteiger partial charge in [-0.05, 0) is 17.7 Å². The minimum absolute atomic E-state index is 0.000324. The van der Waals surface area contributed by atoms with Gasteiger partial charge in [0.2, 0.25) is 0 Å². The maximum atomic E-state index is 10.7. The first-order valence-corrected chi connectivity index (χ1v) is 6.39. The second-order valence-electron chi connectivity index (χ2n) is 4.49. The van der Waals surface area contributed by atoms with Crippen molar-refractivity contribution in [3.8, 4) is 11.5 Å². The Hall–Kier alpha value is -3.82. The maximum Gasteiger partial charge on any atom is 0.311 e. The summed E-state index contributed by atoms with van der Waals surface area (Å²) in [4.78, 5) is 19.9. The maximum absolute atomic E-state index is 10.7. The van der Waals surface area contributed by atoms with Crippen LogP contribution in [0.15, 0.2) is 46.6 Å². The number of nitro groups is 2. The third-order valence-corrected chi connectivity index (χ3v) is 2.89. The molecule has 10 nitrogen and oxygen atoms in total. The molecule has 0 aliphatic carbocycles. The van der Waals surface area contributed by atoms with Crippen molar-refractivity contribution in [1.29, 1.82) is 0 Å². The van der Waals surface area contributed by atoms with Gasteiger partial charge in [-0.3, -0.25) is 20.2 Å². The SMILES string of the molecule is O=[N+]([O-])c1ccc(/C=N/N=C/c2cc([N+](=O)[O-])c(O)cc2O)cc1. The molecule has 2 aromatic carbocycles. The third-order valence-electron chi connectivity index (χ3n) is 2.89. The number of non-ortho nitro benzene ring substituents is 1. The van der Waals surface area contributed by atoms with Crippen molar-refractivity contribution in [3.63, 3.8) is 0 Å². The van der Waals surface area contributed by atoms with Crippen molar-refractivity contribution in [2.24, 2.45) is 10.2 Å². The molecule has 10 heteroatoms. The average Bonchev–Trinajstić information content (AvgIpc) is 2.53. The Labute approximate surface area is 134 Å². The van der Waals surface area contributed by atoms with Gasteiger partial charge in [-0.1, -0.05) is 0 Å². The normalized spacial score (nSPS) is 11.2. The molecule has 0 aromatic heterocycles. The predicted molar refractivity (Wildman–Crippen MR) is 84.7 cm³/mol. The van der Waals surface area contributed by atoms with Crippen LogP contribution in [-0.2, 0) is 0 Å². The van der Waals surface area contributed by atoms with E-state index >= 15 is 0 Å². The molecule has 0 spiro atoms. The Kier molecular flexibility index (Phi) is 4.80. The first-order chi connectivity index (χ1) is 11.4. The quantitative estimate of drug-likeness (QED) is 0.487. The molecule has 122 valence electrons. The number of rotatable bonds is 5. The standard InChI is InChI=1S/C14H10N4O6/c19-13-6-14(20)12(18(23)24)5-10(13)8-16-15-7-9-1-3-11(4-2-9)17(21)22/h1-8,19-20H/b15-7+,16-8+. The molecule has 2 aromatic rings. The number of phenolic OH excluding ortho intramolecular Hbond substituents is 2. The molecule has 0 atom stereocenters. The summed E-state index contributed by atoms with van der Waals surface area (Å²) in [6.07, 6.45) is 2.38. The molecule has 0 fully saturated rings. The topological polar surface area (TPSA) is 151 Å². The van der Waals surface area contributed by atoms with E-state index in [1.165, 1.54) is 30.5 Å². The molecule has 2 rings (SSSR count). The van der Waals surface area contributed by atoms with Gasteiger partial charge in [0.25, 0.3) is 5.69 Å². The Bertz CT molecular complexity index is 845. The van der Waals surface area contributed by atoms with Gasteiger partial charge in [0.15, 0.2) is 5.75 Å². The van der Waals surface area contributed by atoms with Crippen LogP contribution in [0.1, 0.15) is 11.1 Å². The van der Waals surface area contributed by atoms with Gasteiger partial charge in [-0.25, -0.2) is 0 Å². The van der Waals surface area contributed by atoms with E-state index in [0.29, 0.717) is 5.56 Å². The zero-order chi connectivity index (χ0) is 17.7. The molecule has 2 N–H and O–H groups in total. The Morgan fingerprint density at radius 1 is 0.875 bits per heavy atom. The molecule has 0 radical (unpaired) electrons. The van der Waals surface area contributed by atoms with Crippen molar-refractivity contribution in [2.75, 3.05) is 0 Å². The average molecular weight is 330 g/mol. The lowest BCUT2D eigenvalue weighted by Gasteiger charge is -2.00. The molecular formula is C14H10N4O6. The van der Waals surface area contributed by atoms with E-state index in [0.717, 1.165) is 18.3 Å². The first-order valence-electron chi connectivity index (χ1n) is 6.39. The smallest absolute Gasteiger partial charge is 0.311 e. The number of nitrogens with zero attached hydrogens (tertiary/aromatic N) is 4. The minimum atomic E-state index is -0.799. The fourth-order valence-electron chi connectivity index (χ4n) is 1.71. The van der Waals surface area contributed by atoms with Gasteiger partial charge in [0.1, 0.15) is 5.75 Å². The summed E-state index contributed by atoms with van der Waals surface area (Å²) >= 11 is 0. The van der Waals surface area contributed by atoms with E-state index in [-0.39, 0.29) is 11.3 Å². The van der Waals surface area contributed by atoms with E-state index in [4.69, 9.17) is 0 Å². The van der Waals surface area contributed by atoms with E-state index in [1.54, 1.807) is 0 Å². The lowest BCUT2D eigenvalue weighted by molar-refractivity contribution is -0.385. The van der Waals surface area contributed by atoms with Crippen molar-refractivity contribution >= 4 is 23.8 Å². The summed E-state index contributed by atoms with van der Waals surface area (Å²) < 4.78 is 0. The van der Waals surface area contributed by atoms with Crippen LogP contribution in [-0.4, -0.2) is 32.5 Å². The van der Waals surface area contributed by atoms with E-state index in [2.05, 4.69) is 10.2 Å². The fourth-order valence-corrected chi connectivity index (χ4v) is 1.71. The molecular weight excluding hydrogens is 320 g/mol. The van der Waals surface area contributed by atoms with Crippen LogP contribution >= 0.6 is 0 Å². The number of benzene rings is 2. The van der Waals surface area contributed by atoms with Crippen molar-refractivity contribution in [1.82, 2.24) is 0 Å². The molecule has 0 unspecified atom stereocenters. The van der Waals surface area contributed by atoms with E-state index < -0.39 is 27.0 Å². The highest BCUT2D eigenvalue weighted by atomic mass is 16.6. The van der Waals surface area contributed by atoms with Crippen LogP contribution in [0.25, 0.3) is 0 Å². The van der Waals surface area contributed by atoms with Crippen LogP contribution < -0.4 is 0 Å². The van der Waals surface area contributed by atoms with Crippen LogP contribution in [0.5, 0.6) is 11.5 Å². The number of phenols is 2. The summed E-state index contributed by atoms with van der Waals surface area (Å²) in [5.41, 5.74) is -0.0791. The summed E-state index contributed by atoms with van der Waals surface area (Å²) in [5.74, 6) is -1.06. The van der Waals surface area contributed by atoms with Crippen LogP contribution in [0, 0.1) is 20.2 Å². The second kappa shape index (κ2) is 6.96. The van der Waals surface area contributed by atoms with Gasteiger partial charge in [-0.2, -0.15) is 10.2 Å². The highest BCUT2D eigenvalue weighted by Crippen LogP contribution is 2.31.